The standard InChI is InChI=1S/C18H24N4O/c1-14-17(11-19-20(14)3)12-21-9-10-22(15(2)23)18(13-21)16-7-5-4-6-8-16/h4-8,11,18H,9-10,12-13H2,1-3H3. The molecule has 1 aliphatic heterocycles. The number of carbonyl (C=O) groups excluding carboxylic acids is 1. The average molecular weight is 312 g/mol. The molecule has 1 atom stereocenters. The second-order valence-electron chi connectivity index (χ2n) is 6.25. The Balaban J connectivity index is 1.78. The van der Waals surface area contributed by atoms with Crippen LogP contribution in [0.25, 0.3) is 0 Å². The van der Waals surface area contributed by atoms with Gasteiger partial charge in [0, 0.05) is 51.4 Å². The van der Waals surface area contributed by atoms with Gasteiger partial charge in [0.1, 0.15) is 0 Å². The van der Waals surface area contributed by atoms with Crippen molar-refractivity contribution < 1.29 is 4.79 Å². The van der Waals surface area contributed by atoms with Crippen molar-refractivity contribution in [2.24, 2.45) is 7.05 Å². The predicted octanol–water partition coefficient (Wildman–Crippen LogP) is 2.13. The summed E-state index contributed by atoms with van der Waals surface area (Å²) in [6.45, 7) is 7.18. The summed E-state index contributed by atoms with van der Waals surface area (Å²) >= 11 is 0. The van der Waals surface area contributed by atoms with Crippen LogP contribution in [-0.2, 0) is 18.4 Å². The van der Waals surface area contributed by atoms with Gasteiger partial charge in [0.2, 0.25) is 5.91 Å². The van der Waals surface area contributed by atoms with Crippen molar-refractivity contribution in [2.75, 3.05) is 19.6 Å². The van der Waals surface area contributed by atoms with E-state index in [0.29, 0.717) is 0 Å². The third-order valence-corrected chi connectivity index (χ3v) is 4.78. The van der Waals surface area contributed by atoms with E-state index in [0.717, 1.165) is 26.2 Å². The number of piperazine rings is 1. The maximum atomic E-state index is 12.0. The van der Waals surface area contributed by atoms with Gasteiger partial charge >= 0.3 is 0 Å². The molecule has 1 aromatic heterocycles. The van der Waals surface area contributed by atoms with E-state index >= 15 is 0 Å². The summed E-state index contributed by atoms with van der Waals surface area (Å²) in [6, 6.07) is 10.4. The first-order valence-electron chi connectivity index (χ1n) is 8.08. The molecular formula is C18H24N4O. The molecule has 2 heterocycles. The Kier molecular flexibility index (Phi) is 4.48. The number of aryl methyl sites for hydroxylation is 1. The zero-order valence-electron chi connectivity index (χ0n) is 14.1. The zero-order valence-corrected chi connectivity index (χ0v) is 14.1. The van der Waals surface area contributed by atoms with E-state index in [1.54, 1.807) is 6.92 Å². The molecule has 0 spiro atoms. The molecule has 1 saturated heterocycles. The summed E-state index contributed by atoms with van der Waals surface area (Å²) in [4.78, 5) is 16.4. The van der Waals surface area contributed by atoms with Gasteiger partial charge in [-0.3, -0.25) is 14.4 Å². The highest BCUT2D eigenvalue weighted by Crippen LogP contribution is 2.26. The molecule has 5 nitrogen and oxygen atoms in total. The Bertz CT molecular complexity index is 680. The summed E-state index contributed by atoms with van der Waals surface area (Å²) in [6.07, 6.45) is 1.95. The second-order valence-corrected chi connectivity index (χ2v) is 6.25. The number of amides is 1. The molecular weight excluding hydrogens is 288 g/mol. The molecule has 2 aromatic rings. The van der Waals surface area contributed by atoms with E-state index in [1.165, 1.54) is 16.8 Å². The lowest BCUT2D eigenvalue weighted by Crippen LogP contribution is -2.49. The van der Waals surface area contributed by atoms with Crippen LogP contribution in [0.2, 0.25) is 0 Å². The SMILES string of the molecule is CC(=O)N1CCN(Cc2cnn(C)c2C)CC1c1ccccc1. The third-order valence-electron chi connectivity index (χ3n) is 4.78. The smallest absolute Gasteiger partial charge is 0.220 e. The highest BCUT2D eigenvalue weighted by atomic mass is 16.2. The largest absolute Gasteiger partial charge is 0.333 e. The van der Waals surface area contributed by atoms with Crippen LogP contribution in [0.3, 0.4) is 0 Å². The van der Waals surface area contributed by atoms with Gasteiger partial charge in [-0.1, -0.05) is 30.3 Å². The van der Waals surface area contributed by atoms with Crippen LogP contribution in [0.4, 0.5) is 0 Å². The number of hydrogen-bond donors (Lipinski definition) is 0. The van der Waals surface area contributed by atoms with Gasteiger partial charge in [-0.05, 0) is 12.5 Å². The molecule has 0 N–H and O–H groups in total. The quantitative estimate of drug-likeness (QED) is 0.872. The molecule has 5 heteroatoms. The highest BCUT2D eigenvalue weighted by molar-refractivity contribution is 5.74. The molecule has 3 rings (SSSR count). The Morgan fingerprint density at radius 1 is 1.26 bits per heavy atom. The summed E-state index contributed by atoms with van der Waals surface area (Å²) in [5.74, 6) is 0.149. The van der Waals surface area contributed by atoms with Crippen molar-refractivity contribution in [3.8, 4) is 0 Å². The normalized spacial score (nSPS) is 19.1. The molecule has 1 aromatic carbocycles. The van der Waals surface area contributed by atoms with Crippen LogP contribution in [0.1, 0.15) is 29.8 Å². The Morgan fingerprint density at radius 3 is 2.61 bits per heavy atom. The molecule has 1 aliphatic rings. The second kappa shape index (κ2) is 6.54. The minimum absolute atomic E-state index is 0.124. The number of rotatable bonds is 3. The fourth-order valence-electron chi connectivity index (χ4n) is 3.26. The van der Waals surface area contributed by atoms with Crippen molar-refractivity contribution in [1.82, 2.24) is 19.6 Å². The van der Waals surface area contributed by atoms with Gasteiger partial charge in [0.25, 0.3) is 0 Å². The molecule has 1 amide bonds. The lowest BCUT2D eigenvalue weighted by atomic mass is 10.0. The van der Waals surface area contributed by atoms with Gasteiger partial charge in [-0.2, -0.15) is 5.10 Å². The van der Waals surface area contributed by atoms with E-state index in [2.05, 4.69) is 29.1 Å². The van der Waals surface area contributed by atoms with Crippen LogP contribution in [0, 0.1) is 6.92 Å². The first kappa shape index (κ1) is 15.7. The van der Waals surface area contributed by atoms with Crippen molar-refractivity contribution in [1.29, 1.82) is 0 Å². The van der Waals surface area contributed by atoms with Crippen molar-refractivity contribution >= 4 is 5.91 Å². The molecule has 1 unspecified atom stereocenters. The molecule has 1 fully saturated rings. The maximum absolute atomic E-state index is 12.0. The number of aromatic nitrogens is 2. The fraction of sp³-hybridized carbons (Fsp3) is 0.444. The van der Waals surface area contributed by atoms with Crippen molar-refractivity contribution in [2.45, 2.75) is 26.4 Å². The molecule has 122 valence electrons. The predicted molar refractivity (Wildman–Crippen MR) is 89.8 cm³/mol. The summed E-state index contributed by atoms with van der Waals surface area (Å²) < 4.78 is 1.91. The number of carbonyl (C=O) groups is 1. The summed E-state index contributed by atoms with van der Waals surface area (Å²) in [5, 5.41) is 4.33. The van der Waals surface area contributed by atoms with Gasteiger partial charge in [-0.25, -0.2) is 0 Å². The summed E-state index contributed by atoms with van der Waals surface area (Å²) in [5.41, 5.74) is 3.67. The third kappa shape index (κ3) is 3.29. The summed E-state index contributed by atoms with van der Waals surface area (Å²) in [7, 11) is 1.97. The van der Waals surface area contributed by atoms with E-state index in [9.17, 15) is 4.79 Å². The van der Waals surface area contributed by atoms with Gasteiger partial charge < -0.3 is 4.90 Å². The fourth-order valence-corrected chi connectivity index (χ4v) is 3.26. The Hall–Kier alpha value is -2.14. The number of hydrogen-bond acceptors (Lipinski definition) is 3. The number of nitrogens with zero attached hydrogens (tertiary/aromatic N) is 4. The van der Waals surface area contributed by atoms with E-state index < -0.39 is 0 Å². The van der Waals surface area contributed by atoms with Crippen molar-refractivity contribution in [3.05, 3.63) is 53.3 Å². The minimum Gasteiger partial charge on any atom is -0.333 e. The van der Waals surface area contributed by atoms with Gasteiger partial charge in [0.15, 0.2) is 0 Å². The van der Waals surface area contributed by atoms with Crippen LogP contribution < -0.4 is 0 Å². The zero-order chi connectivity index (χ0) is 16.4. The minimum atomic E-state index is 0.124. The lowest BCUT2D eigenvalue weighted by molar-refractivity contribution is -0.134. The van der Waals surface area contributed by atoms with Crippen molar-refractivity contribution in [3.63, 3.8) is 0 Å². The van der Waals surface area contributed by atoms with Crippen LogP contribution >= 0.6 is 0 Å². The monoisotopic (exact) mass is 312 g/mol. The van der Waals surface area contributed by atoms with Crippen LogP contribution in [0.5, 0.6) is 0 Å². The maximum Gasteiger partial charge on any atom is 0.220 e. The van der Waals surface area contributed by atoms with E-state index in [-0.39, 0.29) is 11.9 Å². The Morgan fingerprint density at radius 2 is 2.00 bits per heavy atom. The van der Waals surface area contributed by atoms with Crippen LogP contribution in [-0.4, -0.2) is 45.1 Å². The van der Waals surface area contributed by atoms with E-state index in [4.69, 9.17) is 0 Å². The Labute approximate surface area is 137 Å². The van der Waals surface area contributed by atoms with Gasteiger partial charge in [-0.15, -0.1) is 0 Å². The molecule has 0 radical (unpaired) electrons. The molecule has 23 heavy (non-hydrogen) atoms. The topological polar surface area (TPSA) is 41.4 Å². The molecule has 0 aliphatic carbocycles. The number of benzene rings is 1. The van der Waals surface area contributed by atoms with Crippen LogP contribution in [0.15, 0.2) is 36.5 Å². The van der Waals surface area contributed by atoms with E-state index in [1.807, 2.05) is 41.0 Å². The lowest BCUT2D eigenvalue weighted by Gasteiger charge is -2.41. The molecule has 0 bridgehead atoms. The van der Waals surface area contributed by atoms with Gasteiger partial charge in [0.05, 0.1) is 12.2 Å². The highest BCUT2D eigenvalue weighted by Gasteiger charge is 2.30. The molecule has 0 saturated carbocycles. The first-order chi connectivity index (χ1) is 11.1. The average Bonchev–Trinajstić information content (AvgIpc) is 2.87. The first-order valence-corrected chi connectivity index (χ1v) is 8.08.